The summed E-state index contributed by atoms with van der Waals surface area (Å²) >= 11 is 0. The predicted octanol–water partition coefficient (Wildman–Crippen LogP) is 0.630. The van der Waals surface area contributed by atoms with Crippen LogP contribution in [0.25, 0.3) is 0 Å². The zero-order chi connectivity index (χ0) is 8.81. The third kappa shape index (κ3) is 3.13. The number of hydrogen-bond donors (Lipinski definition) is 0. The topological polar surface area (TPSA) is 37.4 Å². The molecule has 0 saturated carbocycles. The van der Waals surface area contributed by atoms with Crippen LogP contribution in [0.3, 0.4) is 0 Å². The molecule has 3 nitrogen and oxygen atoms in total. The first-order valence-electron chi connectivity index (χ1n) is 4.53. The van der Waals surface area contributed by atoms with E-state index in [0.717, 1.165) is 26.1 Å². The van der Waals surface area contributed by atoms with Gasteiger partial charge < -0.3 is 4.90 Å². The summed E-state index contributed by atoms with van der Waals surface area (Å²) in [7, 11) is 0. The minimum absolute atomic E-state index is 0.269. The van der Waals surface area contributed by atoms with Crippen LogP contribution in [0.15, 0.2) is 0 Å². The molecule has 0 spiro atoms. The normalized spacial score (nSPS) is 18.0. The van der Waals surface area contributed by atoms with Gasteiger partial charge in [0.05, 0.1) is 0 Å². The summed E-state index contributed by atoms with van der Waals surface area (Å²) in [6.45, 7) is 3.30. The molecule has 1 aliphatic rings. The fourth-order valence-electron chi connectivity index (χ4n) is 1.54. The average Bonchev–Trinajstić information content (AvgIpc) is 2.57. The number of likely N-dealkylation sites (tertiary alicyclic amines) is 1. The molecule has 1 saturated heterocycles. The van der Waals surface area contributed by atoms with Crippen molar-refractivity contribution in [1.82, 2.24) is 4.90 Å². The molecule has 0 amide bonds. The second kappa shape index (κ2) is 5.04. The molecular formula is C9H15NO2. The van der Waals surface area contributed by atoms with Crippen LogP contribution >= 0.6 is 0 Å². The van der Waals surface area contributed by atoms with Crippen LogP contribution in [-0.2, 0) is 9.59 Å². The minimum atomic E-state index is -0.269. The van der Waals surface area contributed by atoms with Crippen molar-refractivity contribution in [3.8, 4) is 0 Å². The number of carbonyl (C=O) groups is 2. The van der Waals surface area contributed by atoms with E-state index >= 15 is 0 Å². The number of rotatable bonds is 5. The summed E-state index contributed by atoms with van der Waals surface area (Å²) in [6, 6.07) is 0. The van der Waals surface area contributed by atoms with E-state index in [1.165, 1.54) is 12.8 Å². The lowest BCUT2D eigenvalue weighted by Crippen LogP contribution is -2.21. The molecule has 0 unspecified atom stereocenters. The van der Waals surface area contributed by atoms with E-state index in [1.54, 1.807) is 0 Å². The van der Waals surface area contributed by atoms with Crippen molar-refractivity contribution >= 4 is 12.1 Å². The monoisotopic (exact) mass is 169 g/mol. The number of carbonyl (C=O) groups excluding carboxylic acids is 2. The van der Waals surface area contributed by atoms with Crippen molar-refractivity contribution in [2.75, 3.05) is 19.6 Å². The maximum atomic E-state index is 10.6. The third-order valence-electron chi connectivity index (χ3n) is 2.23. The highest BCUT2D eigenvalue weighted by Gasteiger charge is 2.10. The van der Waals surface area contributed by atoms with Crippen molar-refractivity contribution in [3.05, 3.63) is 0 Å². The van der Waals surface area contributed by atoms with Gasteiger partial charge in [0, 0.05) is 6.42 Å². The lowest BCUT2D eigenvalue weighted by Gasteiger charge is -2.12. The Bertz CT molecular complexity index is 162. The first-order valence-corrected chi connectivity index (χ1v) is 4.53. The van der Waals surface area contributed by atoms with E-state index in [2.05, 4.69) is 4.90 Å². The smallest absolute Gasteiger partial charge is 0.195 e. The third-order valence-corrected chi connectivity index (χ3v) is 2.23. The summed E-state index contributed by atoms with van der Waals surface area (Å²) in [5, 5.41) is 0. The molecule has 3 heteroatoms. The Kier molecular flexibility index (Phi) is 3.94. The largest absolute Gasteiger partial charge is 0.303 e. The lowest BCUT2D eigenvalue weighted by molar-refractivity contribution is -0.129. The molecule has 1 rings (SSSR count). The SMILES string of the molecule is O=CC(=O)CCCN1CCCC1. The molecule has 0 bridgehead atoms. The Hall–Kier alpha value is -0.700. The van der Waals surface area contributed by atoms with Crippen molar-refractivity contribution in [2.24, 2.45) is 0 Å². The molecule has 12 heavy (non-hydrogen) atoms. The quantitative estimate of drug-likeness (QED) is 0.447. The minimum Gasteiger partial charge on any atom is -0.303 e. The van der Waals surface area contributed by atoms with Crippen LogP contribution in [0.1, 0.15) is 25.7 Å². The summed E-state index contributed by atoms with van der Waals surface area (Å²) in [5.74, 6) is -0.269. The van der Waals surface area contributed by atoms with Crippen molar-refractivity contribution in [2.45, 2.75) is 25.7 Å². The lowest BCUT2D eigenvalue weighted by atomic mass is 10.2. The first-order chi connectivity index (χ1) is 5.83. The van der Waals surface area contributed by atoms with Crippen LogP contribution in [0.4, 0.5) is 0 Å². The molecule has 1 heterocycles. The van der Waals surface area contributed by atoms with Gasteiger partial charge in [-0.15, -0.1) is 0 Å². The van der Waals surface area contributed by atoms with Crippen molar-refractivity contribution in [3.63, 3.8) is 0 Å². The Labute approximate surface area is 72.7 Å². The van der Waals surface area contributed by atoms with Gasteiger partial charge in [0.2, 0.25) is 0 Å². The van der Waals surface area contributed by atoms with Crippen molar-refractivity contribution < 1.29 is 9.59 Å². The van der Waals surface area contributed by atoms with Gasteiger partial charge in [0.1, 0.15) is 0 Å². The van der Waals surface area contributed by atoms with Crippen LogP contribution in [0, 0.1) is 0 Å². The molecular weight excluding hydrogens is 154 g/mol. The molecule has 0 aromatic carbocycles. The van der Waals surface area contributed by atoms with E-state index in [9.17, 15) is 9.59 Å². The first kappa shape index (κ1) is 9.39. The summed E-state index contributed by atoms with van der Waals surface area (Å²) in [6.07, 6.45) is 4.23. The fourth-order valence-corrected chi connectivity index (χ4v) is 1.54. The number of hydrogen-bond acceptors (Lipinski definition) is 3. The summed E-state index contributed by atoms with van der Waals surface area (Å²) < 4.78 is 0. The highest BCUT2D eigenvalue weighted by Crippen LogP contribution is 2.07. The molecule has 0 N–H and O–H groups in total. The molecule has 0 aromatic rings. The van der Waals surface area contributed by atoms with E-state index in [4.69, 9.17) is 0 Å². The van der Waals surface area contributed by atoms with Gasteiger partial charge in [0.25, 0.3) is 0 Å². The van der Waals surface area contributed by atoms with E-state index in [-0.39, 0.29) is 5.78 Å². The molecule has 1 aliphatic heterocycles. The molecule has 68 valence electrons. The Balaban J connectivity index is 2.01. The highest BCUT2D eigenvalue weighted by molar-refractivity contribution is 6.24. The van der Waals surface area contributed by atoms with Gasteiger partial charge in [-0.1, -0.05) is 0 Å². The number of aldehydes is 1. The van der Waals surface area contributed by atoms with Crippen LogP contribution in [-0.4, -0.2) is 36.6 Å². The highest BCUT2D eigenvalue weighted by atomic mass is 16.2. The Morgan fingerprint density at radius 2 is 2.00 bits per heavy atom. The van der Waals surface area contributed by atoms with E-state index in [1.807, 2.05) is 0 Å². The zero-order valence-electron chi connectivity index (χ0n) is 7.29. The van der Waals surface area contributed by atoms with Crippen LogP contribution in [0.2, 0.25) is 0 Å². The van der Waals surface area contributed by atoms with Crippen molar-refractivity contribution in [1.29, 1.82) is 0 Å². The number of nitrogens with zero attached hydrogens (tertiary/aromatic N) is 1. The Morgan fingerprint density at radius 1 is 1.33 bits per heavy atom. The second-order valence-corrected chi connectivity index (χ2v) is 3.24. The predicted molar refractivity (Wildman–Crippen MR) is 46.0 cm³/mol. The molecule has 0 aromatic heterocycles. The second-order valence-electron chi connectivity index (χ2n) is 3.24. The fraction of sp³-hybridized carbons (Fsp3) is 0.778. The zero-order valence-corrected chi connectivity index (χ0v) is 7.29. The molecule has 0 aliphatic carbocycles. The van der Waals surface area contributed by atoms with Gasteiger partial charge in [-0.3, -0.25) is 9.59 Å². The van der Waals surface area contributed by atoms with Gasteiger partial charge in [-0.05, 0) is 38.9 Å². The van der Waals surface area contributed by atoms with Gasteiger partial charge in [0.15, 0.2) is 12.1 Å². The van der Waals surface area contributed by atoms with E-state index in [0.29, 0.717) is 12.7 Å². The molecule has 0 radical (unpaired) electrons. The summed E-state index contributed by atoms with van der Waals surface area (Å²) in [5.41, 5.74) is 0. The maximum Gasteiger partial charge on any atom is 0.195 e. The summed E-state index contributed by atoms with van der Waals surface area (Å²) in [4.78, 5) is 22.9. The van der Waals surface area contributed by atoms with Crippen LogP contribution in [0.5, 0.6) is 0 Å². The number of Topliss-reactive ketones (excluding diaryl/α,β-unsaturated/α-hetero) is 1. The van der Waals surface area contributed by atoms with Gasteiger partial charge in [-0.2, -0.15) is 0 Å². The van der Waals surface area contributed by atoms with E-state index < -0.39 is 0 Å². The maximum absolute atomic E-state index is 10.6. The van der Waals surface area contributed by atoms with Gasteiger partial charge in [-0.25, -0.2) is 0 Å². The molecule has 0 atom stereocenters. The average molecular weight is 169 g/mol. The Morgan fingerprint density at radius 3 is 2.58 bits per heavy atom. The standard InChI is InChI=1S/C9H15NO2/c11-8-9(12)4-3-7-10-5-1-2-6-10/h8H,1-7H2. The number of ketones is 1. The van der Waals surface area contributed by atoms with Crippen LogP contribution < -0.4 is 0 Å². The van der Waals surface area contributed by atoms with Gasteiger partial charge >= 0.3 is 0 Å². The molecule has 1 fully saturated rings.